The molecule has 0 unspecified atom stereocenters. The highest BCUT2D eigenvalue weighted by atomic mass is 16.5. The molecule has 5 heteroatoms. The van der Waals surface area contributed by atoms with E-state index in [4.69, 9.17) is 4.74 Å². The van der Waals surface area contributed by atoms with Gasteiger partial charge in [0.1, 0.15) is 12.4 Å². The van der Waals surface area contributed by atoms with Gasteiger partial charge in [0.05, 0.1) is 11.8 Å². The first kappa shape index (κ1) is 15.1. The lowest BCUT2D eigenvalue weighted by Gasteiger charge is -2.29. The first-order valence-corrected chi connectivity index (χ1v) is 7.84. The van der Waals surface area contributed by atoms with E-state index in [1.165, 1.54) is 0 Å². The Bertz CT molecular complexity index is 603. The van der Waals surface area contributed by atoms with Crippen LogP contribution in [-0.4, -0.2) is 52.1 Å². The van der Waals surface area contributed by atoms with E-state index in [-0.39, 0.29) is 6.10 Å². The molecule has 2 heterocycles. The maximum absolute atomic E-state index is 9.53. The smallest absolute Gasteiger partial charge is 0.128 e. The molecule has 5 nitrogen and oxygen atoms in total. The molecule has 1 aromatic heterocycles. The Balaban J connectivity index is 1.60. The lowest BCUT2D eigenvalue weighted by Crippen LogP contribution is -2.38. The molecule has 0 aliphatic carbocycles. The molecule has 118 valence electrons. The van der Waals surface area contributed by atoms with Crippen LogP contribution in [0.1, 0.15) is 12.8 Å². The Morgan fingerprint density at radius 3 is 2.73 bits per heavy atom. The minimum Gasteiger partial charge on any atom is -0.492 e. The standard InChI is InChI=1S/C17H23N3O2/c1-19-16(6-9-18-19)15-4-2-3-5-17(15)22-13-12-20-10-7-14(21)8-11-20/h2-6,9,14,21H,7-8,10-13H2,1H3. The zero-order valence-corrected chi connectivity index (χ0v) is 13.0. The van der Waals surface area contributed by atoms with Crippen molar-refractivity contribution in [3.63, 3.8) is 0 Å². The molecule has 22 heavy (non-hydrogen) atoms. The number of likely N-dealkylation sites (tertiary alicyclic amines) is 1. The van der Waals surface area contributed by atoms with Crippen molar-refractivity contribution in [3.05, 3.63) is 36.5 Å². The number of para-hydroxylation sites is 1. The van der Waals surface area contributed by atoms with E-state index in [0.29, 0.717) is 6.61 Å². The summed E-state index contributed by atoms with van der Waals surface area (Å²) in [6.07, 6.45) is 3.41. The average Bonchev–Trinajstić information content (AvgIpc) is 2.96. The van der Waals surface area contributed by atoms with Gasteiger partial charge >= 0.3 is 0 Å². The van der Waals surface area contributed by atoms with E-state index in [1.54, 1.807) is 6.20 Å². The zero-order chi connectivity index (χ0) is 15.4. The second kappa shape index (κ2) is 6.94. The lowest BCUT2D eigenvalue weighted by molar-refractivity contribution is 0.0755. The Labute approximate surface area is 131 Å². The van der Waals surface area contributed by atoms with Crippen LogP contribution in [0.25, 0.3) is 11.3 Å². The summed E-state index contributed by atoms with van der Waals surface area (Å²) in [5.41, 5.74) is 2.12. The van der Waals surface area contributed by atoms with Crippen LogP contribution in [0.5, 0.6) is 5.75 Å². The number of aliphatic hydroxyl groups is 1. The molecule has 0 saturated carbocycles. The van der Waals surface area contributed by atoms with Crippen molar-refractivity contribution in [3.8, 4) is 17.0 Å². The van der Waals surface area contributed by atoms with Gasteiger partial charge in [0.2, 0.25) is 0 Å². The van der Waals surface area contributed by atoms with Crippen molar-refractivity contribution < 1.29 is 9.84 Å². The number of aromatic nitrogens is 2. The molecule has 1 aliphatic rings. The van der Waals surface area contributed by atoms with Crippen LogP contribution >= 0.6 is 0 Å². The van der Waals surface area contributed by atoms with Gasteiger partial charge in [-0.15, -0.1) is 0 Å². The quantitative estimate of drug-likeness (QED) is 0.917. The largest absolute Gasteiger partial charge is 0.492 e. The van der Waals surface area contributed by atoms with Gasteiger partial charge < -0.3 is 9.84 Å². The highest BCUT2D eigenvalue weighted by Gasteiger charge is 2.16. The van der Waals surface area contributed by atoms with E-state index in [9.17, 15) is 5.11 Å². The van der Waals surface area contributed by atoms with E-state index < -0.39 is 0 Å². The van der Waals surface area contributed by atoms with E-state index in [1.807, 2.05) is 36.0 Å². The maximum atomic E-state index is 9.53. The Morgan fingerprint density at radius 2 is 2.00 bits per heavy atom. The van der Waals surface area contributed by atoms with Gasteiger partial charge in [-0.1, -0.05) is 12.1 Å². The topological polar surface area (TPSA) is 50.5 Å². The third-order valence-electron chi connectivity index (χ3n) is 4.21. The first-order valence-electron chi connectivity index (χ1n) is 7.84. The highest BCUT2D eigenvalue weighted by molar-refractivity contribution is 5.67. The molecule has 3 rings (SSSR count). The number of nitrogens with zero attached hydrogens (tertiary/aromatic N) is 3. The van der Waals surface area contributed by atoms with Crippen molar-refractivity contribution in [2.45, 2.75) is 18.9 Å². The van der Waals surface area contributed by atoms with Gasteiger partial charge in [-0.2, -0.15) is 5.10 Å². The monoisotopic (exact) mass is 301 g/mol. The van der Waals surface area contributed by atoms with Crippen LogP contribution in [0.3, 0.4) is 0 Å². The number of rotatable bonds is 5. The molecule has 0 radical (unpaired) electrons. The first-order chi connectivity index (χ1) is 10.7. The molecule has 2 aromatic rings. The third-order valence-corrected chi connectivity index (χ3v) is 4.21. The summed E-state index contributed by atoms with van der Waals surface area (Å²) < 4.78 is 7.86. The van der Waals surface area contributed by atoms with E-state index >= 15 is 0 Å². The minimum absolute atomic E-state index is 0.122. The molecule has 1 N–H and O–H groups in total. The molecular formula is C17H23N3O2. The van der Waals surface area contributed by atoms with Gasteiger partial charge in [-0.05, 0) is 31.0 Å². The normalized spacial score (nSPS) is 16.8. The Kier molecular flexibility index (Phi) is 4.75. The van der Waals surface area contributed by atoms with Gasteiger partial charge in [0.15, 0.2) is 0 Å². The predicted molar refractivity (Wildman–Crippen MR) is 85.8 cm³/mol. The third kappa shape index (κ3) is 3.48. The SMILES string of the molecule is Cn1nccc1-c1ccccc1OCCN1CCC(O)CC1. The summed E-state index contributed by atoms with van der Waals surface area (Å²) in [6.45, 7) is 3.46. The van der Waals surface area contributed by atoms with E-state index in [0.717, 1.165) is 49.5 Å². The summed E-state index contributed by atoms with van der Waals surface area (Å²) >= 11 is 0. The fourth-order valence-electron chi connectivity index (χ4n) is 2.87. The summed E-state index contributed by atoms with van der Waals surface area (Å²) in [7, 11) is 1.94. The summed E-state index contributed by atoms with van der Waals surface area (Å²) in [5.74, 6) is 0.892. The lowest BCUT2D eigenvalue weighted by atomic mass is 10.1. The fourth-order valence-corrected chi connectivity index (χ4v) is 2.87. The van der Waals surface area contributed by atoms with E-state index in [2.05, 4.69) is 16.1 Å². The number of benzene rings is 1. The van der Waals surface area contributed by atoms with Gasteiger partial charge in [0.25, 0.3) is 0 Å². The predicted octanol–water partition coefficient (Wildman–Crippen LogP) is 1.92. The van der Waals surface area contributed by atoms with Crippen molar-refractivity contribution >= 4 is 0 Å². The summed E-state index contributed by atoms with van der Waals surface area (Å²) in [5, 5.41) is 13.8. The zero-order valence-electron chi connectivity index (χ0n) is 13.0. The van der Waals surface area contributed by atoms with Crippen molar-refractivity contribution in [2.24, 2.45) is 7.05 Å². The van der Waals surface area contributed by atoms with Crippen LogP contribution in [0.4, 0.5) is 0 Å². The molecule has 0 spiro atoms. The van der Waals surface area contributed by atoms with Crippen LogP contribution < -0.4 is 4.74 Å². The maximum Gasteiger partial charge on any atom is 0.128 e. The molecule has 1 saturated heterocycles. The van der Waals surface area contributed by atoms with Crippen molar-refractivity contribution in [1.82, 2.24) is 14.7 Å². The highest BCUT2D eigenvalue weighted by Crippen LogP contribution is 2.29. The van der Waals surface area contributed by atoms with Gasteiger partial charge in [-0.25, -0.2) is 0 Å². The van der Waals surface area contributed by atoms with Crippen LogP contribution in [0, 0.1) is 0 Å². The molecule has 1 fully saturated rings. The van der Waals surface area contributed by atoms with Crippen molar-refractivity contribution in [2.75, 3.05) is 26.2 Å². The van der Waals surface area contributed by atoms with Crippen molar-refractivity contribution in [1.29, 1.82) is 0 Å². The van der Waals surface area contributed by atoms with Crippen LogP contribution in [0.2, 0.25) is 0 Å². The van der Waals surface area contributed by atoms with Crippen LogP contribution in [-0.2, 0) is 7.05 Å². The average molecular weight is 301 g/mol. The molecular weight excluding hydrogens is 278 g/mol. The minimum atomic E-state index is -0.122. The second-order valence-corrected chi connectivity index (χ2v) is 5.76. The Morgan fingerprint density at radius 1 is 1.23 bits per heavy atom. The molecule has 1 aliphatic heterocycles. The Hall–Kier alpha value is -1.85. The van der Waals surface area contributed by atoms with Gasteiger partial charge in [0, 0.05) is 38.4 Å². The second-order valence-electron chi connectivity index (χ2n) is 5.76. The van der Waals surface area contributed by atoms with Crippen LogP contribution in [0.15, 0.2) is 36.5 Å². The number of ether oxygens (including phenoxy) is 1. The number of aryl methyl sites for hydroxylation is 1. The van der Waals surface area contributed by atoms with Gasteiger partial charge in [-0.3, -0.25) is 9.58 Å². The molecule has 0 atom stereocenters. The summed E-state index contributed by atoms with van der Waals surface area (Å²) in [4.78, 5) is 2.35. The number of aliphatic hydroxyl groups excluding tert-OH is 1. The number of hydrogen-bond donors (Lipinski definition) is 1. The molecule has 0 bridgehead atoms. The number of hydrogen-bond acceptors (Lipinski definition) is 4. The molecule has 1 aromatic carbocycles. The number of piperidine rings is 1. The summed E-state index contributed by atoms with van der Waals surface area (Å²) in [6, 6.07) is 10.1. The molecule has 0 amide bonds. The fraction of sp³-hybridized carbons (Fsp3) is 0.471.